The summed E-state index contributed by atoms with van der Waals surface area (Å²) in [4.78, 5) is 24.4. The number of hydrogen-bond donors (Lipinski definition) is 2. The molecule has 7 nitrogen and oxygen atoms in total. The zero-order valence-electron chi connectivity index (χ0n) is 15.3. The van der Waals surface area contributed by atoms with Gasteiger partial charge in [0, 0.05) is 5.56 Å². The Hall–Kier alpha value is -3.32. The molecule has 0 aliphatic rings. The first-order valence-corrected chi connectivity index (χ1v) is 8.83. The summed E-state index contributed by atoms with van der Waals surface area (Å²) in [5.74, 6) is 0.201. The SMILES string of the molecule is Cc1noc(C)c1COc1cccc(C(=O)NNC(=O)c2ccccc2Cl)c1. The zero-order chi connectivity index (χ0) is 20.1. The van der Waals surface area contributed by atoms with E-state index in [0.29, 0.717) is 22.1 Å². The Bertz CT molecular complexity index is 997. The van der Waals surface area contributed by atoms with E-state index in [2.05, 4.69) is 16.0 Å². The van der Waals surface area contributed by atoms with E-state index in [1.54, 1.807) is 48.5 Å². The molecule has 2 N–H and O–H groups in total. The van der Waals surface area contributed by atoms with Gasteiger partial charge in [-0.1, -0.05) is 35.0 Å². The molecule has 2 aromatic carbocycles. The molecule has 1 aromatic heterocycles. The van der Waals surface area contributed by atoms with Gasteiger partial charge in [-0.15, -0.1) is 0 Å². The van der Waals surface area contributed by atoms with Gasteiger partial charge in [0.15, 0.2) is 0 Å². The number of carbonyl (C=O) groups is 2. The zero-order valence-corrected chi connectivity index (χ0v) is 16.0. The van der Waals surface area contributed by atoms with E-state index in [1.165, 1.54) is 0 Å². The normalized spacial score (nSPS) is 10.4. The van der Waals surface area contributed by atoms with Gasteiger partial charge in [-0.2, -0.15) is 0 Å². The molecule has 8 heteroatoms. The summed E-state index contributed by atoms with van der Waals surface area (Å²) in [7, 11) is 0. The number of hydrogen-bond acceptors (Lipinski definition) is 5. The summed E-state index contributed by atoms with van der Waals surface area (Å²) >= 11 is 5.97. The van der Waals surface area contributed by atoms with Gasteiger partial charge in [-0.25, -0.2) is 0 Å². The third kappa shape index (κ3) is 4.50. The van der Waals surface area contributed by atoms with Gasteiger partial charge in [0.2, 0.25) is 0 Å². The van der Waals surface area contributed by atoms with Crippen LogP contribution in [0.5, 0.6) is 5.75 Å². The maximum Gasteiger partial charge on any atom is 0.271 e. The molecule has 0 unspecified atom stereocenters. The van der Waals surface area contributed by atoms with Crippen molar-refractivity contribution < 1.29 is 18.8 Å². The average molecular weight is 400 g/mol. The molecule has 3 rings (SSSR count). The van der Waals surface area contributed by atoms with Crippen LogP contribution in [0.15, 0.2) is 53.1 Å². The van der Waals surface area contributed by atoms with Gasteiger partial charge >= 0.3 is 0 Å². The van der Waals surface area contributed by atoms with Crippen molar-refractivity contribution in [3.8, 4) is 5.75 Å². The summed E-state index contributed by atoms with van der Waals surface area (Å²) in [6, 6.07) is 13.2. The molecule has 2 amide bonds. The number of halogens is 1. The highest BCUT2D eigenvalue weighted by Gasteiger charge is 2.13. The Morgan fingerprint density at radius 3 is 2.54 bits per heavy atom. The number of carbonyl (C=O) groups excluding carboxylic acids is 2. The molecule has 0 bridgehead atoms. The van der Waals surface area contributed by atoms with Gasteiger partial charge < -0.3 is 9.26 Å². The van der Waals surface area contributed by atoms with E-state index in [1.807, 2.05) is 13.8 Å². The third-order valence-corrected chi connectivity index (χ3v) is 4.40. The number of amides is 2. The molecule has 0 saturated carbocycles. The van der Waals surface area contributed by atoms with Crippen molar-refractivity contribution in [1.29, 1.82) is 0 Å². The fraction of sp³-hybridized carbons (Fsp3) is 0.150. The summed E-state index contributed by atoms with van der Waals surface area (Å²) in [6.45, 7) is 3.92. The Morgan fingerprint density at radius 2 is 1.82 bits per heavy atom. The molecule has 144 valence electrons. The van der Waals surface area contributed by atoms with Crippen molar-refractivity contribution in [1.82, 2.24) is 16.0 Å². The molecule has 0 spiro atoms. The molecule has 0 aliphatic heterocycles. The molecule has 28 heavy (non-hydrogen) atoms. The smallest absolute Gasteiger partial charge is 0.271 e. The van der Waals surface area contributed by atoms with Crippen molar-refractivity contribution in [3.63, 3.8) is 0 Å². The second kappa shape index (κ2) is 8.58. The summed E-state index contributed by atoms with van der Waals surface area (Å²) in [5, 5.41) is 4.17. The number of aryl methyl sites for hydroxylation is 2. The lowest BCUT2D eigenvalue weighted by atomic mass is 10.2. The van der Waals surface area contributed by atoms with Crippen LogP contribution in [-0.4, -0.2) is 17.0 Å². The Balaban J connectivity index is 1.61. The van der Waals surface area contributed by atoms with Gasteiger partial charge in [0.05, 0.1) is 21.8 Å². The largest absolute Gasteiger partial charge is 0.489 e. The molecule has 1 heterocycles. The summed E-state index contributed by atoms with van der Waals surface area (Å²) < 4.78 is 10.8. The molecular weight excluding hydrogens is 382 g/mol. The molecule has 0 aliphatic carbocycles. The first-order valence-electron chi connectivity index (χ1n) is 8.45. The minimum absolute atomic E-state index is 0.265. The third-order valence-electron chi connectivity index (χ3n) is 4.07. The molecule has 3 aromatic rings. The quantitative estimate of drug-likeness (QED) is 0.639. The Morgan fingerprint density at radius 1 is 1.07 bits per heavy atom. The second-order valence-corrected chi connectivity index (χ2v) is 6.41. The molecule has 0 atom stereocenters. The van der Waals surface area contributed by atoms with Gasteiger partial charge in [-0.3, -0.25) is 20.4 Å². The van der Waals surface area contributed by atoms with Crippen LogP contribution in [-0.2, 0) is 6.61 Å². The van der Waals surface area contributed by atoms with Gasteiger partial charge in [-0.05, 0) is 44.2 Å². The van der Waals surface area contributed by atoms with E-state index in [0.717, 1.165) is 11.3 Å². The van der Waals surface area contributed by atoms with E-state index < -0.39 is 11.8 Å². The molecule has 0 saturated heterocycles. The van der Waals surface area contributed by atoms with Gasteiger partial charge in [0.25, 0.3) is 11.8 Å². The van der Waals surface area contributed by atoms with Crippen molar-refractivity contribution in [3.05, 3.63) is 81.7 Å². The van der Waals surface area contributed by atoms with Crippen LogP contribution in [0.1, 0.15) is 37.7 Å². The molecular formula is C20H18ClN3O4. The lowest BCUT2D eigenvalue weighted by molar-refractivity contribution is 0.0846. The maximum atomic E-state index is 12.3. The summed E-state index contributed by atoms with van der Waals surface area (Å²) in [6.07, 6.45) is 0. The minimum Gasteiger partial charge on any atom is -0.489 e. The van der Waals surface area contributed by atoms with Crippen molar-refractivity contribution in [2.24, 2.45) is 0 Å². The van der Waals surface area contributed by atoms with E-state index in [4.69, 9.17) is 20.9 Å². The van der Waals surface area contributed by atoms with E-state index in [9.17, 15) is 9.59 Å². The Kier molecular flexibility index (Phi) is 5.96. The number of nitrogens with zero attached hydrogens (tertiary/aromatic N) is 1. The average Bonchev–Trinajstić information content (AvgIpc) is 3.02. The number of aromatic nitrogens is 1. The lowest BCUT2D eigenvalue weighted by Crippen LogP contribution is -2.41. The number of rotatable bonds is 5. The maximum absolute atomic E-state index is 12.3. The van der Waals surface area contributed by atoms with E-state index >= 15 is 0 Å². The van der Waals surface area contributed by atoms with Crippen molar-refractivity contribution >= 4 is 23.4 Å². The predicted molar refractivity (Wildman–Crippen MR) is 103 cm³/mol. The molecule has 0 fully saturated rings. The topological polar surface area (TPSA) is 93.5 Å². The first kappa shape index (κ1) is 19.4. The van der Waals surface area contributed by atoms with Crippen molar-refractivity contribution in [2.45, 2.75) is 20.5 Å². The highest BCUT2D eigenvalue weighted by Crippen LogP contribution is 2.18. The monoisotopic (exact) mass is 399 g/mol. The number of nitrogens with one attached hydrogen (secondary N) is 2. The second-order valence-electron chi connectivity index (χ2n) is 6.01. The fourth-order valence-electron chi connectivity index (χ4n) is 2.49. The lowest BCUT2D eigenvalue weighted by Gasteiger charge is -2.10. The van der Waals surface area contributed by atoms with Crippen LogP contribution >= 0.6 is 11.6 Å². The van der Waals surface area contributed by atoms with Gasteiger partial charge in [0.1, 0.15) is 18.1 Å². The van der Waals surface area contributed by atoms with E-state index in [-0.39, 0.29) is 12.2 Å². The number of ether oxygens (including phenoxy) is 1. The van der Waals surface area contributed by atoms with Crippen LogP contribution < -0.4 is 15.6 Å². The highest BCUT2D eigenvalue weighted by atomic mass is 35.5. The predicted octanol–water partition coefficient (Wildman–Crippen LogP) is 3.60. The Labute approximate surface area is 166 Å². The van der Waals surface area contributed by atoms with Crippen LogP contribution in [0.2, 0.25) is 5.02 Å². The van der Waals surface area contributed by atoms with Crippen LogP contribution in [0, 0.1) is 13.8 Å². The van der Waals surface area contributed by atoms with Crippen LogP contribution in [0.4, 0.5) is 0 Å². The van der Waals surface area contributed by atoms with Crippen LogP contribution in [0.25, 0.3) is 0 Å². The number of benzene rings is 2. The fourth-order valence-corrected chi connectivity index (χ4v) is 2.71. The summed E-state index contributed by atoms with van der Waals surface area (Å²) in [5.41, 5.74) is 6.92. The number of hydrazine groups is 1. The minimum atomic E-state index is -0.509. The van der Waals surface area contributed by atoms with Crippen molar-refractivity contribution in [2.75, 3.05) is 0 Å². The standard InChI is InChI=1S/C20H18ClN3O4/c1-12-17(13(2)28-24-12)11-27-15-7-5-6-14(10-15)19(25)22-23-20(26)16-8-3-4-9-18(16)21/h3-10H,11H2,1-2H3,(H,22,25)(H,23,26). The first-order chi connectivity index (χ1) is 13.5. The molecule has 0 radical (unpaired) electrons. The highest BCUT2D eigenvalue weighted by molar-refractivity contribution is 6.33. The van der Waals surface area contributed by atoms with Crippen LogP contribution in [0.3, 0.4) is 0 Å².